The molecule has 1 N–H and O–H groups in total. The van der Waals surface area contributed by atoms with Crippen molar-refractivity contribution in [1.82, 2.24) is 0 Å². The van der Waals surface area contributed by atoms with Crippen molar-refractivity contribution in [2.24, 2.45) is 0 Å². The molecule has 0 aliphatic heterocycles. The Hall–Kier alpha value is -2.34. The molecule has 2 aromatic rings. The second-order valence-electron chi connectivity index (χ2n) is 5.46. The maximum Gasteiger partial charge on any atom is 0.239 e. The summed E-state index contributed by atoms with van der Waals surface area (Å²) >= 11 is 0. The number of benzene rings is 2. The Morgan fingerprint density at radius 1 is 1.04 bits per heavy atom. The fraction of sp³-hybridized carbons (Fsp3) is 0.278. The molecule has 0 saturated heterocycles. The molecule has 0 spiro atoms. The van der Waals surface area contributed by atoms with E-state index < -0.39 is 21.5 Å². The lowest BCUT2D eigenvalue weighted by atomic mass is 10.1. The molecule has 0 aliphatic rings. The molecule has 0 aliphatic carbocycles. The van der Waals surface area contributed by atoms with Crippen LogP contribution in [0.25, 0.3) is 0 Å². The molecule has 1 amide bonds. The lowest BCUT2D eigenvalue weighted by Crippen LogP contribution is -2.24. The maximum atomic E-state index is 12.0. The van der Waals surface area contributed by atoms with E-state index in [1.807, 2.05) is 30.3 Å². The first-order valence-electron chi connectivity index (χ1n) is 7.67. The van der Waals surface area contributed by atoms with Gasteiger partial charge in [-0.3, -0.25) is 4.79 Å². The van der Waals surface area contributed by atoms with Crippen molar-refractivity contribution in [1.29, 1.82) is 0 Å². The molecule has 0 aromatic heterocycles. The summed E-state index contributed by atoms with van der Waals surface area (Å²) in [5.41, 5.74) is 1.63. The van der Waals surface area contributed by atoms with Crippen molar-refractivity contribution in [3.05, 3.63) is 60.2 Å². The number of anilines is 1. The van der Waals surface area contributed by atoms with Gasteiger partial charge in [-0.2, -0.15) is 0 Å². The van der Waals surface area contributed by atoms with E-state index in [-0.39, 0.29) is 5.75 Å². The fourth-order valence-electron chi connectivity index (χ4n) is 2.28. The van der Waals surface area contributed by atoms with Gasteiger partial charge in [-0.05, 0) is 42.7 Å². The van der Waals surface area contributed by atoms with Crippen molar-refractivity contribution in [2.45, 2.75) is 12.8 Å². The predicted molar refractivity (Wildman–Crippen MR) is 95.0 cm³/mol. The highest BCUT2D eigenvalue weighted by molar-refractivity contribution is 7.92. The van der Waals surface area contributed by atoms with Gasteiger partial charge < -0.3 is 10.1 Å². The Morgan fingerprint density at radius 2 is 1.71 bits per heavy atom. The van der Waals surface area contributed by atoms with Crippen LogP contribution in [0.4, 0.5) is 5.69 Å². The molecule has 0 bridgehead atoms. The number of hydrogen-bond donors (Lipinski definition) is 1. The highest BCUT2D eigenvalue weighted by Crippen LogP contribution is 2.15. The summed E-state index contributed by atoms with van der Waals surface area (Å²) in [7, 11) is -1.87. The van der Waals surface area contributed by atoms with Crippen LogP contribution in [0.3, 0.4) is 0 Å². The monoisotopic (exact) mass is 347 g/mol. The Kier molecular flexibility index (Phi) is 6.37. The van der Waals surface area contributed by atoms with Crippen LogP contribution in [0.5, 0.6) is 5.75 Å². The van der Waals surface area contributed by atoms with E-state index in [2.05, 4.69) is 5.32 Å². The molecule has 128 valence electrons. The number of carbonyl (C=O) groups excluding carboxylic acids is 1. The first kappa shape index (κ1) is 18.0. The van der Waals surface area contributed by atoms with Gasteiger partial charge in [0, 0.05) is 5.69 Å². The van der Waals surface area contributed by atoms with E-state index in [0.717, 1.165) is 5.56 Å². The summed E-state index contributed by atoms with van der Waals surface area (Å²) in [4.78, 5) is 11.9. The maximum absolute atomic E-state index is 12.0. The number of rotatable bonds is 8. The number of methoxy groups -OCH3 is 1. The van der Waals surface area contributed by atoms with Crippen molar-refractivity contribution in [3.63, 3.8) is 0 Å². The molecule has 0 unspecified atom stereocenters. The van der Waals surface area contributed by atoms with E-state index >= 15 is 0 Å². The number of amides is 1. The minimum Gasteiger partial charge on any atom is -0.497 e. The van der Waals surface area contributed by atoms with E-state index in [0.29, 0.717) is 24.3 Å². The quantitative estimate of drug-likeness (QED) is 0.797. The normalized spacial score (nSPS) is 11.0. The summed E-state index contributed by atoms with van der Waals surface area (Å²) in [6, 6.07) is 16.4. The Morgan fingerprint density at radius 3 is 2.33 bits per heavy atom. The molecule has 0 atom stereocenters. The molecular formula is C18H21NO4S. The van der Waals surface area contributed by atoms with Gasteiger partial charge >= 0.3 is 0 Å². The van der Waals surface area contributed by atoms with Crippen LogP contribution in [-0.4, -0.2) is 32.9 Å². The van der Waals surface area contributed by atoms with Gasteiger partial charge in [0.2, 0.25) is 5.91 Å². The van der Waals surface area contributed by atoms with Gasteiger partial charge in [-0.1, -0.05) is 30.3 Å². The summed E-state index contributed by atoms with van der Waals surface area (Å²) in [6.45, 7) is 0. The lowest BCUT2D eigenvalue weighted by molar-refractivity contribution is -0.113. The number of ether oxygens (including phenoxy) is 1. The van der Waals surface area contributed by atoms with Gasteiger partial charge in [-0.15, -0.1) is 0 Å². The third-order valence-corrected chi connectivity index (χ3v) is 5.10. The smallest absolute Gasteiger partial charge is 0.239 e. The second kappa shape index (κ2) is 8.49. The second-order valence-corrected chi connectivity index (χ2v) is 7.64. The third-order valence-electron chi connectivity index (χ3n) is 3.49. The zero-order chi connectivity index (χ0) is 17.4. The standard InChI is InChI=1S/C18H21NO4S/c1-23-17-11-9-16(10-12-17)19-18(20)14-24(21,22)13-5-8-15-6-3-2-4-7-15/h2-4,6-7,9-12H,5,8,13-14H2,1H3,(H,19,20). The molecule has 24 heavy (non-hydrogen) atoms. The number of carbonyl (C=O) groups is 1. The van der Waals surface area contributed by atoms with Gasteiger partial charge in [0.25, 0.3) is 0 Å². The molecule has 0 saturated carbocycles. The van der Waals surface area contributed by atoms with Crippen molar-refractivity contribution in [2.75, 3.05) is 23.9 Å². The van der Waals surface area contributed by atoms with Crippen LogP contribution < -0.4 is 10.1 Å². The highest BCUT2D eigenvalue weighted by Gasteiger charge is 2.16. The average molecular weight is 347 g/mol. The summed E-state index contributed by atoms with van der Waals surface area (Å²) in [5, 5.41) is 2.58. The van der Waals surface area contributed by atoms with Crippen molar-refractivity contribution < 1.29 is 17.9 Å². The average Bonchev–Trinajstić information content (AvgIpc) is 2.55. The first-order valence-corrected chi connectivity index (χ1v) is 9.49. The number of aryl methyl sites for hydroxylation is 1. The van der Waals surface area contributed by atoms with Gasteiger partial charge in [0.05, 0.1) is 12.9 Å². The largest absolute Gasteiger partial charge is 0.497 e. The van der Waals surface area contributed by atoms with E-state index in [9.17, 15) is 13.2 Å². The van der Waals surface area contributed by atoms with Crippen LogP contribution in [0.2, 0.25) is 0 Å². The minimum atomic E-state index is -3.42. The minimum absolute atomic E-state index is 0.00206. The van der Waals surface area contributed by atoms with Gasteiger partial charge in [-0.25, -0.2) is 8.42 Å². The zero-order valence-electron chi connectivity index (χ0n) is 13.6. The Bertz CT molecular complexity index is 755. The summed E-state index contributed by atoms with van der Waals surface area (Å²) in [5.74, 6) is -0.368. The van der Waals surface area contributed by atoms with Gasteiger partial charge in [0.15, 0.2) is 9.84 Å². The Balaban J connectivity index is 1.80. The molecule has 0 radical (unpaired) electrons. The number of nitrogens with one attached hydrogen (secondary N) is 1. The van der Waals surface area contributed by atoms with Crippen LogP contribution in [-0.2, 0) is 21.1 Å². The molecule has 0 heterocycles. The fourth-order valence-corrected chi connectivity index (χ4v) is 3.48. The zero-order valence-corrected chi connectivity index (χ0v) is 14.4. The molecule has 2 aromatic carbocycles. The lowest BCUT2D eigenvalue weighted by Gasteiger charge is -2.07. The SMILES string of the molecule is COc1ccc(NC(=O)CS(=O)(=O)CCCc2ccccc2)cc1. The third kappa shape index (κ3) is 6.04. The highest BCUT2D eigenvalue weighted by atomic mass is 32.2. The summed E-state index contributed by atoms with van der Waals surface area (Å²) < 4.78 is 29.1. The van der Waals surface area contributed by atoms with Crippen LogP contribution in [0.15, 0.2) is 54.6 Å². The molecule has 6 heteroatoms. The predicted octanol–water partition coefficient (Wildman–Crippen LogP) is 2.68. The molecule has 0 fully saturated rings. The van der Waals surface area contributed by atoms with Crippen LogP contribution in [0.1, 0.15) is 12.0 Å². The van der Waals surface area contributed by atoms with Crippen molar-refractivity contribution >= 4 is 21.4 Å². The summed E-state index contributed by atoms with van der Waals surface area (Å²) in [6.07, 6.45) is 1.18. The van der Waals surface area contributed by atoms with Crippen LogP contribution in [0, 0.1) is 0 Å². The van der Waals surface area contributed by atoms with Crippen molar-refractivity contribution in [3.8, 4) is 5.75 Å². The van der Waals surface area contributed by atoms with Gasteiger partial charge in [0.1, 0.15) is 11.5 Å². The van der Waals surface area contributed by atoms with E-state index in [4.69, 9.17) is 4.74 Å². The van der Waals surface area contributed by atoms with Crippen LogP contribution >= 0.6 is 0 Å². The number of sulfone groups is 1. The topological polar surface area (TPSA) is 72.5 Å². The first-order chi connectivity index (χ1) is 11.5. The molecule has 5 nitrogen and oxygen atoms in total. The van der Waals surface area contributed by atoms with E-state index in [1.54, 1.807) is 31.4 Å². The Labute approximate surface area is 142 Å². The molecular weight excluding hydrogens is 326 g/mol. The molecule has 2 rings (SSSR count). The van der Waals surface area contributed by atoms with E-state index in [1.165, 1.54) is 0 Å². The number of hydrogen-bond acceptors (Lipinski definition) is 4.